The van der Waals surface area contributed by atoms with Gasteiger partial charge in [0.2, 0.25) is 0 Å². The highest BCUT2D eigenvalue weighted by Crippen LogP contribution is 2.24. The molecular formula is C14H12BrF2N. The van der Waals surface area contributed by atoms with Crippen molar-refractivity contribution in [2.45, 2.75) is 12.5 Å². The predicted molar refractivity (Wildman–Crippen MR) is 71.1 cm³/mol. The first-order valence-electron chi connectivity index (χ1n) is 5.52. The number of nitrogens with two attached hydrogens (primary N) is 1. The second-order valence-electron chi connectivity index (χ2n) is 4.08. The molecule has 0 saturated heterocycles. The van der Waals surface area contributed by atoms with E-state index in [0.29, 0.717) is 12.0 Å². The fourth-order valence-corrected chi connectivity index (χ4v) is 2.39. The summed E-state index contributed by atoms with van der Waals surface area (Å²) < 4.78 is 26.8. The van der Waals surface area contributed by atoms with E-state index in [1.807, 2.05) is 24.3 Å². The summed E-state index contributed by atoms with van der Waals surface area (Å²) in [5.41, 5.74) is 7.69. The van der Waals surface area contributed by atoms with Crippen molar-refractivity contribution in [3.63, 3.8) is 0 Å². The summed E-state index contributed by atoms with van der Waals surface area (Å²) in [5.74, 6) is -1.68. The smallest absolute Gasteiger partial charge is 0.159 e. The molecule has 0 aliphatic carbocycles. The lowest BCUT2D eigenvalue weighted by Gasteiger charge is -2.14. The van der Waals surface area contributed by atoms with E-state index >= 15 is 0 Å². The minimum absolute atomic E-state index is 0.259. The van der Waals surface area contributed by atoms with Crippen LogP contribution in [0.15, 0.2) is 46.9 Å². The van der Waals surface area contributed by atoms with Crippen molar-refractivity contribution in [2.24, 2.45) is 5.73 Å². The van der Waals surface area contributed by atoms with Gasteiger partial charge in [0, 0.05) is 10.5 Å². The monoisotopic (exact) mass is 311 g/mol. The Kier molecular flexibility index (Phi) is 4.09. The molecule has 0 aliphatic rings. The predicted octanol–water partition coefficient (Wildman–Crippen LogP) is 3.97. The molecule has 0 heterocycles. The Morgan fingerprint density at radius 3 is 2.44 bits per heavy atom. The maximum Gasteiger partial charge on any atom is 0.159 e. The molecule has 0 fully saturated rings. The van der Waals surface area contributed by atoms with Crippen molar-refractivity contribution in [1.29, 1.82) is 0 Å². The summed E-state index contributed by atoms with van der Waals surface area (Å²) in [7, 11) is 0. The van der Waals surface area contributed by atoms with Crippen LogP contribution in [0.2, 0.25) is 0 Å². The molecule has 4 heteroatoms. The molecule has 0 bridgehead atoms. The lowest BCUT2D eigenvalue weighted by atomic mass is 10.00. The van der Waals surface area contributed by atoms with Gasteiger partial charge >= 0.3 is 0 Å². The van der Waals surface area contributed by atoms with Gasteiger partial charge in [-0.15, -0.1) is 0 Å². The highest BCUT2D eigenvalue weighted by atomic mass is 79.9. The van der Waals surface area contributed by atoms with Crippen LogP contribution in [0.5, 0.6) is 0 Å². The van der Waals surface area contributed by atoms with Crippen molar-refractivity contribution >= 4 is 15.9 Å². The van der Waals surface area contributed by atoms with E-state index in [-0.39, 0.29) is 6.04 Å². The first-order valence-corrected chi connectivity index (χ1v) is 6.31. The third-order valence-corrected chi connectivity index (χ3v) is 3.47. The van der Waals surface area contributed by atoms with Gasteiger partial charge in [-0.2, -0.15) is 0 Å². The van der Waals surface area contributed by atoms with E-state index < -0.39 is 11.6 Å². The van der Waals surface area contributed by atoms with Crippen molar-refractivity contribution in [2.75, 3.05) is 0 Å². The second-order valence-corrected chi connectivity index (χ2v) is 4.93. The normalized spacial score (nSPS) is 12.4. The Hall–Kier alpha value is -1.26. The second kappa shape index (κ2) is 5.59. The first kappa shape index (κ1) is 13.2. The Balaban J connectivity index is 2.19. The zero-order valence-corrected chi connectivity index (χ0v) is 11.1. The molecule has 0 aliphatic heterocycles. The lowest BCUT2D eigenvalue weighted by molar-refractivity contribution is 0.506. The van der Waals surface area contributed by atoms with E-state index in [2.05, 4.69) is 15.9 Å². The van der Waals surface area contributed by atoms with Gasteiger partial charge in [0.1, 0.15) is 0 Å². The molecular weight excluding hydrogens is 300 g/mol. The summed E-state index contributed by atoms with van der Waals surface area (Å²) in [6.45, 7) is 0. The summed E-state index contributed by atoms with van der Waals surface area (Å²) in [5, 5.41) is 0. The average Bonchev–Trinajstić information content (AvgIpc) is 2.34. The van der Waals surface area contributed by atoms with Crippen molar-refractivity contribution in [1.82, 2.24) is 0 Å². The van der Waals surface area contributed by atoms with Crippen LogP contribution in [-0.2, 0) is 6.42 Å². The molecule has 0 saturated carbocycles. The van der Waals surface area contributed by atoms with Crippen LogP contribution in [0.25, 0.3) is 0 Å². The van der Waals surface area contributed by atoms with Gasteiger partial charge in [0.05, 0.1) is 0 Å². The Labute approximate surface area is 113 Å². The number of benzene rings is 2. The summed E-state index contributed by atoms with van der Waals surface area (Å²) in [6.07, 6.45) is 0.458. The summed E-state index contributed by atoms with van der Waals surface area (Å²) in [4.78, 5) is 0. The summed E-state index contributed by atoms with van der Waals surface area (Å²) >= 11 is 3.42. The van der Waals surface area contributed by atoms with Crippen LogP contribution in [-0.4, -0.2) is 0 Å². The van der Waals surface area contributed by atoms with Crippen LogP contribution in [0.4, 0.5) is 8.78 Å². The zero-order chi connectivity index (χ0) is 13.1. The van der Waals surface area contributed by atoms with Crippen LogP contribution in [0.3, 0.4) is 0 Å². The zero-order valence-electron chi connectivity index (χ0n) is 9.54. The van der Waals surface area contributed by atoms with E-state index in [9.17, 15) is 8.78 Å². The topological polar surface area (TPSA) is 26.0 Å². The summed E-state index contributed by atoms with van der Waals surface area (Å²) in [6, 6.07) is 11.2. The van der Waals surface area contributed by atoms with Gasteiger partial charge in [-0.1, -0.05) is 40.2 Å². The number of hydrogen-bond donors (Lipinski definition) is 1. The Morgan fingerprint density at radius 1 is 1.06 bits per heavy atom. The fourth-order valence-electron chi connectivity index (χ4n) is 1.81. The van der Waals surface area contributed by atoms with Gasteiger partial charge in [-0.3, -0.25) is 0 Å². The molecule has 2 aromatic carbocycles. The SMILES string of the molecule is NC(Cc1ccc(F)c(F)c1)c1ccccc1Br. The maximum absolute atomic E-state index is 13.1. The first-order chi connectivity index (χ1) is 8.58. The largest absolute Gasteiger partial charge is 0.324 e. The van der Waals surface area contributed by atoms with Gasteiger partial charge in [0.15, 0.2) is 11.6 Å². The molecule has 1 unspecified atom stereocenters. The number of rotatable bonds is 3. The molecule has 0 spiro atoms. The third-order valence-electron chi connectivity index (χ3n) is 2.74. The van der Waals surface area contributed by atoms with Crippen LogP contribution >= 0.6 is 15.9 Å². The molecule has 1 nitrogen and oxygen atoms in total. The Bertz CT molecular complexity index is 557. The molecule has 1 atom stereocenters. The van der Waals surface area contributed by atoms with Crippen LogP contribution < -0.4 is 5.73 Å². The van der Waals surface area contributed by atoms with E-state index in [1.54, 1.807) is 6.07 Å². The number of halogens is 3. The van der Waals surface area contributed by atoms with Crippen molar-refractivity contribution < 1.29 is 8.78 Å². The highest BCUT2D eigenvalue weighted by Gasteiger charge is 2.11. The van der Waals surface area contributed by atoms with E-state index in [0.717, 1.165) is 16.1 Å². The van der Waals surface area contributed by atoms with Gasteiger partial charge in [-0.05, 0) is 35.7 Å². The Morgan fingerprint density at radius 2 is 1.78 bits per heavy atom. The molecule has 18 heavy (non-hydrogen) atoms. The molecule has 94 valence electrons. The van der Waals surface area contributed by atoms with Crippen LogP contribution in [0, 0.1) is 11.6 Å². The van der Waals surface area contributed by atoms with Crippen molar-refractivity contribution in [3.8, 4) is 0 Å². The highest BCUT2D eigenvalue weighted by molar-refractivity contribution is 9.10. The van der Waals surface area contributed by atoms with E-state index in [4.69, 9.17) is 5.73 Å². The average molecular weight is 312 g/mol. The molecule has 0 aromatic heterocycles. The fraction of sp³-hybridized carbons (Fsp3) is 0.143. The van der Waals surface area contributed by atoms with Gasteiger partial charge in [0.25, 0.3) is 0 Å². The molecule has 2 rings (SSSR count). The molecule has 0 amide bonds. The van der Waals surface area contributed by atoms with Crippen molar-refractivity contribution in [3.05, 3.63) is 69.7 Å². The standard InChI is InChI=1S/C14H12BrF2N/c15-11-4-2-1-3-10(11)14(18)8-9-5-6-12(16)13(17)7-9/h1-7,14H,8,18H2. The molecule has 0 radical (unpaired) electrons. The quantitative estimate of drug-likeness (QED) is 0.912. The van der Waals surface area contributed by atoms with E-state index in [1.165, 1.54) is 6.07 Å². The van der Waals surface area contributed by atoms with Crippen LogP contribution in [0.1, 0.15) is 17.2 Å². The minimum Gasteiger partial charge on any atom is -0.324 e. The lowest BCUT2D eigenvalue weighted by Crippen LogP contribution is -2.14. The molecule has 2 N–H and O–H groups in total. The maximum atomic E-state index is 13.1. The molecule has 2 aromatic rings. The van der Waals surface area contributed by atoms with Gasteiger partial charge < -0.3 is 5.73 Å². The van der Waals surface area contributed by atoms with Gasteiger partial charge in [-0.25, -0.2) is 8.78 Å². The minimum atomic E-state index is -0.841. The number of hydrogen-bond acceptors (Lipinski definition) is 1. The third kappa shape index (κ3) is 2.94.